The van der Waals surface area contributed by atoms with Crippen molar-refractivity contribution in [1.82, 2.24) is 19.1 Å². The Morgan fingerprint density at radius 2 is 0.857 bits per heavy atom. The zero-order chi connectivity index (χ0) is 42.2. The smallest absolute Gasteiger partial charge is 0.153 e. The number of halogens is 1. The highest BCUT2D eigenvalue weighted by atomic mass is 79.9. The molecule has 4 heterocycles. The maximum atomic E-state index is 6.57. The molecule has 2 aliphatic rings. The zero-order valence-corrected chi connectivity index (χ0v) is 36.2. The number of imidazole rings is 2. The van der Waals surface area contributed by atoms with E-state index in [9.17, 15) is 0 Å². The van der Waals surface area contributed by atoms with Crippen molar-refractivity contribution in [3.63, 3.8) is 0 Å². The van der Waals surface area contributed by atoms with Gasteiger partial charge in [0.1, 0.15) is 22.7 Å². The number of fused-ring (bicyclic) bond motifs is 6. The fourth-order valence-corrected chi connectivity index (χ4v) is 9.92. The van der Waals surface area contributed by atoms with E-state index in [2.05, 4.69) is 172 Å². The molecule has 0 N–H and O–H groups in total. The first-order chi connectivity index (χ1) is 31.1. The number of aromatic nitrogens is 4. The summed E-state index contributed by atoms with van der Waals surface area (Å²) in [5, 5.41) is 4.93. The first kappa shape index (κ1) is 37.3. The van der Waals surface area contributed by atoms with Gasteiger partial charge >= 0.3 is 0 Å². The van der Waals surface area contributed by atoms with E-state index in [1.165, 1.54) is 49.4 Å². The molecular formula is C56H39BrN4O2. The van der Waals surface area contributed by atoms with E-state index in [0.717, 1.165) is 91.0 Å². The minimum atomic E-state index is 0.846. The van der Waals surface area contributed by atoms with Crippen LogP contribution in [0.3, 0.4) is 0 Å². The fourth-order valence-electron chi connectivity index (χ4n) is 9.58. The molecule has 63 heavy (non-hydrogen) atoms. The lowest BCUT2D eigenvalue weighted by atomic mass is 9.85. The summed E-state index contributed by atoms with van der Waals surface area (Å²) in [5.74, 6) is 5.54. The predicted octanol–water partition coefficient (Wildman–Crippen LogP) is 15.5. The molecule has 0 unspecified atom stereocenters. The molecule has 2 aliphatic heterocycles. The van der Waals surface area contributed by atoms with E-state index >= 15 is 0 Å². The van der Waals surface area contributed by atoms with Crippen LogP contribution in [-0.2, 0) is 12.8 Å². The van der Waals surface area contributed by atoms with Gasteiger partial charge in [-0.05, 0) is 110 Å². The van der Waals surface area contributed by atoms with Crippen LogP contribution in [0, 0.1) is 0 Å². The SMILES string of the molecule is CCc1nc2cccc3c2n1-c1ccc(-c2c4ccccc4c(-c4ccc(-c5ccccc5)cc4)c4ccccc24)cc1O3.CCc1nc2cccc3c2n1-c1ccc(Br)cc1O3. The van der Waals surface area contributed by atoms with Gasteiger partial charge in [-0.1, -0.05) is 151 Å². The van der Waals surface area contributed by atoms with Gasteiger partial charge in [-0.25, -0.2) is 9.97 Å². The molecule has 11 aromatic rings. The molecule has 0 amide bonds. The van der Waals surface area contributed by atoms with E-state index in [1.54, 1.807) is 0 Å². The van der Waals surface area contributed by atoms with Gasteiger partial charge < -0.3 is 9.47 Å². The number of ether oxygens (including phenoxy) is 2. The molecule has 0 saturated heterocycles. The Labute approximate surface area is 372 Å². The summed E-state index contributed by atoms with van der Waals surface area (Å²) in [6.07, 6.45) is 1.74. The molecule has 0 atom stereocenters. The third-order valence-electron chi connectivity index (χ3n) is 12.4. The molecule has 0 radical (unpaired) electrons. The van der Waals surface area contributed by atoms with Crippen LogP contribution in [0.1, 0.15) is 25.5 Å². The van der Waals surface area contributed by atoms with Crippen LogP contribution < -0.4 is 9.47 Å². The Morgan fingerprint density at radius 3 is 1.40 bits per heavy atom. The quantitative estimate of drug-likeness (QED) is 0.162. The van der Waals surface area contributed by atoms with Gasteiger partial charge in [0, 0.05) is 17.3 Å². The summed E-state index contributed by atoms with van der Waals surface area (Å²) in [4.78, 5) is 9.60. The monoisotopic (exact) mass is 878 g/mol. The van der Waals surface area contributed by atoms with Crippen molar-refractivity contribution in [2.45, 2.75) is 26.7 Å². The minimum absolute atomic E-state index is 0.846. The second-order valence-corrected chi connectivity index (χ2v) is 16.9. The van der Waals surface area contributed by atoms with Crippen molar-refractivity contribution in [3.05, 3.63) is 192 Å². The van der Waals surface area contributed by atoms with Crippen LogP contribution in [0.15, 0.2) is 180 Å². The number of hydrogen-bond donors (Lipinski definition) is 0. The van der Waals surface area contributed by atoms with E-state index in [1.807, 2.05) is 42.5 Å². The van der Waals surface area contributed by atoms with Crippen molar-refractivity contribution < 1.29 is 9.47 Å². The maximum absolute atomic E-state index is 6.57. The first-order valence-corrected chi connectivity index (χ1v) is 22.3. The molecule has 0 spiro atoms. The van der Waals surface area contributed by atoms with Gasteiger partial charge in [-0.2, -0.15) is 0 Å². The Balaban J connectivity index is 0.000000184. The Hall–Kier alpha value is -7.48. The maximum Gasteiger partial charge on any atom is 0.153 e. The lowest BCUT2D eigenvalue weighted by molar-refractivity contribution is 0.474. The molecule has 0 saturated carbocycles. The number of nitrogens with zero attached hydrogens (tertiary/aromatic N) is 4. The number of aryl methyl sites for hydroxylation is 2. The van der Waals surface area contributed by atoms with Crippen LogP contribution in [0.5, 0.6) is 23.0 Å². The van der Waals surface area contributed by atoms with Gasteiger partial charge in [0.05, 0.1) is 22.4 Å². The largest absolute Gasteiger partial charge is 0.453 e. The minimum Gasteiger partial charge on any atom is -0.453 e. The topological polar surface area (TPSA) is 54.1 Å². The summed E-state index contributed by atoms with van der Waals surface area (Å²) in [7, 11) is 0. The van der Waals surface area contributed by atoms with Crippen LogP contribution in [0.2, 0.25) is 0 Å². The Morgan fingerprint density at radius 1 is 0.413 bits per heavy atom. The van der Waals surface area contributed by atoms with E-state index < -0.39 is 0 Å². The summed E-state index contributed by atoms with van der Waals surface area (Å²) in [6, 6.07) is 62.0. The number of para-hydroxylation sites is 2. The predicted molar refractivity (Wildman–Crippen MR) is 260 cm³/mol. The van der Waals surface area contributed by atoms with E-state index in [0.29, 0.717) is 0 Å². The second kappa shape index (κ2) is 14.9. The lowest BCUT2D eigenvalue weighted by Gasteiger charge is -2.23. The highest BCUT2D eigenvalue weighted by Crippen LogP contribution is 2.48. The standard InChI is InChI=1S/C41H28N2O.C15H11BrN2O/c1-2-38-42-34-17-10-18-36-41(34)43(38)35-24-23-29(25-37(35)44-36)40-32-15-8-6-13-30(32)39(31-14-7-9-16-33(31)40)28-21-19-27(20-22-28)26-11-4-3-5-12-26;1-2-14-17-10-4-3-5-12-15(10)18(14)11-7-6-9(16)8-13(11)19-12/h3-25H,2H2,1H3;3-8H,2H2,1H3. The molecule has 2 aromatic heterocycles. The van der Waals surface area contributed by atoms with Crippen molar-refractivity contribution in [2.24, 2.45) is 0 Å². The number of benzene rings is 9. The van der Waals surface area contributed by atoms with Crippen LogP contribution in [0.4, 0.5) is 0 Å². The molecule has 0 bridgehead atoms. The van der Waals surface area contributed by atoms with Crippen molar-refractivity contribution in [3.8, 4) is 67.8 Å². The average Bonchev–Trinajstić information content (AvgIpc) is 3.92. The van der Waals surface area contributed by atoms with Gasteiger partial charge in [-0.3, -0.25) is 9.13 Å². The lowest BCUT2D eigenvalue weighted by Crippen LogP contribution is -2.07. The molecule has 6 nitrogen and oxygen atoms in total. The Bertz CT molecular complexity index is 3550. The van der Waals surface area contributed by atoms with Crippen molar-refractivity contribution in [1.29, 1.82) is 0 Å². The zero-order valence-electron chi connectivity index (χ0n) is 34.6. The van der Waals surface area contributed by atoms with Gasteiger partial charge in [-0.15, -0.1) is 0 Å². The number of hydrogen-bond acceptors (Lipinski definition) is 4. The summed E-state index contributed by atoms with van der Waals surface area (Å²) < 4.78 is 18.1. The van der Waals surface area contributed by atoms with Crippen LogP contribution in [-0.4, -0.2) is 19.1 Å². The Kier molecular flexibility index (Phi) is 8.80. The molecule has 302 valence electrons. The average molecular weight is 880 g/mol. The van der Waals surface area contributed by atoms with Crippen molar-refractivity contribution in [2.75, 3.05) is 0 Å². The normalized spacial score (nSPS) is 12.1. The summed E-state index contributed by atoms with van der Waals surface area (Å²) in [5.41, 5.74) is 13.4. The first-order valence-electron chi connectivity index (χ1n) is 21.5. The van der Waals surface area contributed by atoms with Crippen LogP contribution >= 0.6 is 15.9 Å². The second-order valence-electron chi connectivity index (χ2n) is 16.0. The van der Waals surface area contributed by atoms with Gasteiger partial charge in [0.15, 0.2) is 23.0 Å². The van der Waals surface area contributed by atoms with Crippen LogP contribution in [0.25, 0.3) is 88.4 Å². The molecule has 0 aliphatic carbocycles. The third-order valence-corrected chi connectivity index (χ3v) is 12.8. The molecule has 13 rings (SSSR count). The van der Waals surface area contributed by atoms with Gasteiger partial charge in [0.25, 0.3) is 0 Å². The summed E-state index contributed by atoms with van der Waals surface area (Å²) >= 11 is 3.49. The van der Waals surface area contributed by atoms with E-state index in [4.69, 9.17) is 19.4 Å². The molecular weight excluding hydrogens is 841 g/mol. The fraction of sp³-hybridized carbons (Fsp3) is 0.0714. The number of rotatable bonds is 5. The van der Waals surface area contributed by atoms with E-state index in [-0.39, 0.29) is 0 Å². The molecule has 0 fully saturated rings. The molecule has 7 heteroatoms. The summed E-state index contributed by atoms with van der Waals surface area (Å²) in [6.45, 7) is 4.28. The highest BCUT2D eigenvalue weighted by molar-refractivity contribution is 9.10. The highest BCUT2D eigenvalue weighted by Gasteiger charge is 2.26. The van der Waals surface area contributed by atoms with Gasteiger partial charge in [0.2, 0.25) is 0 Å². The third kappa shape index (κ3) is 5.98. The molecule has 9 aromatic carbocycles. The van der Waals surface area contributed by atoms with Crippen molar-refractivity contribution >= 4 is 59.5 Å².